The van der Waals surface area contributed by atoms with Gasteiger partial charge in [-0.1, -0.05) is 11.8 Å². The van der Waals surface area contributed by atoms with Crippen LogP contribution in [0.15, 0.2) is 56.8 Å². The van der Waals surface area contributed by atoms with Crippen molar-refractivity contribution in [2.24, 2.45) is 0 Å². The lowest BCUT2D eigenvalue weighted by Gasteiger charge is -2.34. The molecule has 0 N–H and O–H groups in total. The Morgan fingerprint density at radius 1 is 1.09 bits per heavy atom. The van der Waals surface area contributed by atoms with E-state index in [1.807, 2.05) is 5.38 Å². The largest absolute Gasteiger partial charge is 0.497 e. The zero-order chi connectivity index (χ0) is 23.2. The number of rotatable bonds is 8. The van der Waals surface area contributed by atoms with Gasteiger partial charge in [-0.2, -0.15) is 0 Å². The molecule has 0 aliphatic carbocycles. The lowest BCUT2D eigenvalue weighted by atomic mass is 10.1. The predicted molar refractivity (Wildman–Crippen MR) is 125 cm³/mol. The molecule has 3 heterocycles. The first-order valence-corrected chi connectivity index (χ1v) is 12.2. The number of hydrogen-bond acceptors (Lipinski definition) is 8. The molecule has 0 atom stereocenters. The number of piperazine rings is 1. The van der Waals surface area contributed by atoms with Gasteiger partial charge in [-0.15, -0.1) is 11.3 Å². The molecule has 1 aromatic carbocycles. The third-order valence-electron chi connectivity index (χ3n) is 5.25. The maximum absolute atomic E-state index is 12.7. The third-order valence-corrected chi connectivity index (χ3v) is 7.32. The van der Waals surface area contributed by atoms with E-state index in [0.717, 1.165) is 4.34 Å². The predicted octanol–water partition coefficient (Wildman–Crippen LogP) is 3.25. The Kier molecular flexibility index (Phi) is 7.46. The lowest BCUT2D eigenvalue weighted by molar-refractivity contribution is -0.132. The fourth-order valence-corrected chi connectivity index (χ4v) is 5.14. The van der Waals surface area contributed by atoms with E-state index in [1.54, 1.807) is 53.3 Å². The molecule has 8 nitrogen and oxygen atoms in total. The van der Waals surface area contributed by atoms with Gasteiger partial charge in [0.25, 0.3) is 5.91 Å². The molecule has 0 unspecified atom stereocenters. The van der Waals surface area contributed by atoms with Crippen molar-refractivity contribution < 1.29 is 23.5 Å². The minimum atomic E-state index is -0.155. The topological polar surface area (TPSA) is 93.0 Å². The number of methoxy groups -OCH3 is 1. The molecule has 172 valence electrons. The zero-order valence-electron chi connectivity index (χ0n) is 18.1. The van der Waals surface area contributed by atoms with Crippen molar-refractivity contribution in [3.63, 3.8) is 0 Å². The maximum atomic E-state index is 12.7. The third kappa shape index (κ3) is 5.82. The van der Waals surface area contributed by atoms with Gasteiger partial charge in [-0.25, -0.2) is 4.98 Å². The smallest absolute Gasteiger partial charge is 0.289 e. The van der Waals surface area contributed by atoms with Crippen LogP contribution < -0.4 is 4.74 Å². The van der Waals surface area contributed by atoms with Gasteiger partial charge in [0.05, 0.1) is 31.2 Å². The second kappa shape index (κ2) is 10.7. The van der Waals surface area contributed by atoms with Crippen molar-refractivity contribution in [1.82, 2.24) is 14.8 Å². The summed E-state index contributed by atoms with van der Waals surface area (Å²) < 4.78 is 11.0. The normalized spacial score (nSPS) is 13.7. The van der Waals surface area contributed by atoms with E-state index in [2.05, 4.69) is 4.98 Å². The molecule has 33 heavy (non-hydrogen) atoms. The monoisotopic (exact) mass is 485 g/mol. The van der Waals surface area contributed by atoms with Crippen molar-refractivity contribution in [2.45, 2.75) is 10.8 Å². The molecule has 3 aromatic rings. The minimum absolute atomic E-state index is 0.0115. The number of benzene rings is 1. The van der Waals surface area contributed by atoms with Crippen LogP contribution in [-0.2, 0) is 11.2 Å². The van der Waals surface area contributed by atoms with E-state index in [-0.39, 0.29) is 29.8 Å². The SMILES string of the molecule is COc1ccc(C(=O)CSc2nc(CC(=O)N3CCN(C(=O)c4ccco4)CC3)cs2)cc1. The fourth-order valence-electron chi connectivity index (χ4n) is 3.41. The molecule has 0 saturated carbocycles. The summed E-state index contributed by atoms with van der Waals surface area (Å²) >= 11 is 2.80. The van der Waals surface area contributed by atoms with Gasteiger partial charge >= 0.3 is 0 Å². The summed E-state index contributed by atoms with van der Waals surface area (Å²) in [5.74, 6) is 1.14. The van der Waals surface area contributed by atoms with Crippen LogP contribution in [-0.4, -0.2) is 71.4 Å². The van der Waals surface area contributed by atoms with Gasteiger partial charge in [0.1, 0.15) is 5.75 Å². The highest BCUT2D eigenvalue weighted by molar-refractivity contribution is 8.01. The van der Waals surface area contributed by atoms with Crippen LogP contribution in [0.5, 0.6) is 5.75 Å². The minimum Gasteiger partial charge on any atom is -0.497 e. The van der Waals surface area contributed by atoms with Gasteiger partial charge in [-0.05, 0) is 36.4 Å². The second-order valence-corrected chi connectivity index (χ2v) is 9.45. The molecule has 2 aromatic heterocycles. The van der Waals surface area contributed by atoms with Crippen LogP contribution in [0, 0.1) is 0 Å². The molecule has 2 amide bonds. The first-order valence-electron chi connectivity index (χ1n) is 10.4. The zero-order valence-corrected chi connectivity index (χ0v) is 19.7. The molecule has 0 radical (unpaired) electrons. The number of nitrogens with zero attached hydrogens (tertiary/aromatic N) is 3. The highest BCUT2D eigenvalue weighted by Gasteiger charge is 2.26. The summed E-state index contributed by atoms with van der Waals surface area (Å²) in [4.78, 5) is 45.4. The average molecular weight is 486 g/mol. The van der Waals surface area contributed by atoms with Gasteiger partial charge in [0.15, 0.2) is 15.9 Å². The number of ketones is 1. The Hall–Kier alpha value is -3.11. The number of thioether (sulfide) groups is 1. The summed E-state index contributed by atoms with van der Waals surface area (Å²) in [5.41, 5.74) is 1.32. The number of amides is 2. The van der Waals surface area contributed by atoms with E-state index in [9.17, 15) is 14.4 Å². The highest BCUT2D eigenvalue weighted by Crippen LogP contribution is 2.24. The number of carbonyl (C=O) groups excluding carboxylic acids is 3. The maximum Gasteiger partial charge on any atom is 0.289 e. The molecule has 0 bridgehead atoms. The van der Waals surface area contributed by atoms with Crippen molar-refractivity contribution in [3.8, 4) is 5.75 Å². The summed E-state index contributed by atoms with van der Waals surface area (Å²) in [5, 5.41) is 1.86. The summed E-state index contributed by atoms with van der Waals surface area (Å²) in [6.07, 6.45) is 1.68. The van der Waals surface area contributed by atoms with E-state index >= 15 is 0 Å². The van der Waals surface area contributed by atoms with Crippen LogP contribution in [0.4, 0.5) is 0 Å². The Morgan fingerprint density at radius 2 is 1.82 bits per heavy atom. The van der Waals surface area contributed by atoms with Crippen LogP contribution in [0.3, 0.4) is 0 Å². The number of hydrogen-bond donors (Lipinski definition) is 0. The molecule has 1 aliphatic rings. The number of furan rings is 1. The van der Waals surface area contributed by atoms with Crippen LogP contribution >= 0.6 is 23.1 Å². The van der Waals surface area contributed by atoms with Crippen LogP contribution in [0.25, 0.3) is 0 Å². The van der Waals surface area contributed by atoms with Gasteiger partial charge in [0, 0.05) is 37.1 Å². The molecular weight excluding hydrogens is 462 g/mol. The van der Waals surface area contributed by atoms with Gasteiger partial charge in [0.2, 0.25) is 5.91 Å². The Balaban J connectivity index is 1.23. The van der Waals surface area contributed by atoms with E-state index < -0.39 is 0 Å². The van der Waals surface area contributed by atoms with E-state index in [4.69, 9.17) is 9.15 Å². The standard InChI is InChI=1S/C23H23N3O5S2/c1-30-18-6-4-16(5-7-18)19(27)15-33-23-24-17(14-32-23)13-21(28)25-8-10-26(11-9-25)22(29)20-3-2-12-31-20/h2-7,12,14H,8-11,13,15H2,1H3. The molecule has 4 rings (SSSR count). The first-order chi connectivity index (χ1) is 16.0. The van der Waals surface area contributed by atoms with Gasteiger partial charge < -0.3 is 19.0 Å². The van der Waals surface area contributed by atoms with Crippen molar-refractivity contribution in [3.05, 3.63) is 65.1 Å². The quantitative estimate of drug-likeness (QED) is 0.357. The lowest BCUT2D eigenvalue weighted by Crippen LogP contribution is -2.50. The fraction of sp³-hybridized carbons (Fsp3) is 0.304. The number of aromatic nitrogens is 1. The number of Topliss-reactive ketones (excluding diaryl/α,β-unsaturated/α-hetero) is 1. The molecule has 1 saturated heterocycles. The molecule has 1 fully saturated rings. The average Bonchev–Trinajstić information content (AvgIpc) is 3.55. The number of ether oxygens (including phenoxy) is 1. The van der Waals surface area contributed by atoms with E-state index in [1.165, 1.54) is 29.4 Å². The molecule has 1 aliphatic heterocycles. The molecule has 0 spiro atoms. The number of thiazole rings is 1. The number of carbonyl (C=O) groups is 3. The Bertz CT molecular complexity index is 1100. The summed E-state index contributed by atoms with van der Waals surface area (Å²) in [6.45, 7) is 1.90. The first kappa shape index (κ1) is 23.1. The van der Waals surface area contributed by atoms with Crippen molar-refractivity contribution >= 4 is 40.7 Å². The molecule has 10 heteroatoms. The van der Waals surface area contributed by atoms with Crippen LogP contribution in [0.1, 0.15) is 26.6 Å². The van der Waals surface area contributed by atoms with E-state index in [0.29, 0.717) is 48.9 Å². The van der Waals surface area contributed by atoms with Gasteiger partial charge in [-0.3, -0.25) is 14.4 Å². The van der Waals surface area contributed by atoms with Crippen molar-refractivity contribution in [2.75, 3.05) is 39.0 Å². The second-order valence-electron chi connectivity index (χ2n) is 7.37. The van der Waals surface area contributed by atoms with Crippen LogP contribution in [0.2, 0.25) is 0 Å². The summed E-state index contributed by atoms with van der Waals surface area (Å²) in [7, 11) is 1.58. The highest BCUT2D eigenvalue weighted by atomic mass is 32.2. The molecular formula is C23H23N3O5S2. The summed E-state index contributed by atoms with van der Waals surface area (Å²) in [6, 6.07) is 10.3. The van der Waals surface area contributed by atoms with Crippen molar-refractivity contribution in [1.29, 1.82) is 0 Å². The Labute approximate surface area is 199 Å². The Morgan fingerprint density at radius 3 is 2.48 bits per heavy atom.